The fourth-order valence-corrected chi connectivity index (χ4v) is 6.95. The van der Waals surface area contributed by atoms with Gasteiger partial charge in [-0.3, -0.25) is 9.59 Å². The van der Waals surface area contributed by atoms with Gasteiger partial charge in [0, 0.05) is 20.6 Å². The third kappa shape index (κ3) is 6.22. The number of nitrogens with zero attached hydrogens (tertiary/aromatic N) is 3. The van der Waals surface area contributed by atoms with Crippen molar-refractivity contribution in [2.75, 3.05) is 20.6 Å². The summed E-state index contributed by atoms with van der Waals surface area (Å²) >= 11 is 0. The molecule has 0 unspecified atom stereocenters. The molecule has 1 aliphatic heterocycles. The maximum Gasteiger partial charge on any atom is 0.416 e. The molecule has 1 aromatic heterocycles. The van der Waals surface area contributed by atoms with Gasteiger partial charge in [0.25, 0.3) is 11.5 Å². The van der Waals surface area contributed by atoms with E-state index in [9.17, 15) is 36.3 Å². The second kappa shape index (κ2) is 12.0. The Morgan fingerprint density at radius 3 is 2.38 bits per heavy atom. The van der Waals surface area contributed by atoms with Crippen LogP contribution in [-0.2, 0) is 39.4 Å². The Bertz CT molecular complexity index is 2010. The van der Waals surface area contributed by atoms with Crippen LogP contribution >= 0.6 is 0 Å². The molecule has 13 heteroatoms. The van der Waals surface area contributed by atoms with Gasteiger partial charge in [0.1, 0.15) is 5.82 Å². The summed E-state index contributed by atoms with van der Waals surface area (Å²) in [6, 6.07) is 18.5. The van der Waals surface area contributed by atoms with Gasteiger partial charge in [-0.05, 0) is 72.2 Å². The summed E-state index contributed by atoms with van der Waals surface area (Å²) in [7, 11) is -0.601. The highest BCUT2D eigenvalue weighted by Gasteiger charge is 2.49. The fourth-order valence-electron chi connectivity index (χ4n) is 6.05. The summed E-state index contributed by atoms with van der Waals surface area (Å²) < 4.78 is 65.8. The maximum atomic E-state index is 13.5. The van der Waals surface area contributed by atoms with Gasteiger partial charge in [-0.2, -0.15) is 13.2 Å². The summed E-state index contributed by atoms with van der Waals surface area (Å²) in [6.45, 7) is 0.0661. The number of amides is 1. The molecular weight excluding hydrogens is 633 g/mol. The van der Waals surface area contributed by atoms with Crippen LogP contribution in [0.5, 0.6) is 0 Å². The van der Waals surface area contributed by atoms with Gasteiger partial charge in [-0.25, -0.2) is 17.7 Å². The van der Waals surface area contributed by atoms with E-state index in [2.05, 4.69) is 4.98 Å². The first kappa shape index (κ1) is 32.6. The summed E-state index contributed by atoms with van der Waals surface area (Å²) in [6.07, 6.45) is -4.07. The van der Waals surface area contributed by atoms with Crippen LogP contribution in [0.2, 0.25) is 0 Å². The average molecular weight is 667 g/mol. The van der Waals surface area contributed by atoms with Gasteiger partial charge in [-0.15, -0.1) is 0 Å². The number of benzene rings is 3. The van der Waals surface area contributed by atoms with Crippen LogP contribution in [0.15, 0.2) is 82.5 Å². The number of aromatic amines is 1. The van der Waals surface area contributed by atoms with Crippen molar-refractivity contribution in [1.82, 2.24) is 19.2 Å². The molecule has 1 atom stereocenters. The molecule has 246 valence electrons. The van der Waals surface area contributed by atoms with Crippen molar-refractivity contribution in [3.63, 3.8) is 0 Å². The van der Waals surface area contributed by atoms with Crippen molar-refractivity contribution < 1.29 is 31.5 Å². The number of aryl methyl sites for hydroxylation is 1. The molecule has 1 saturated carbocycles. The topological polar surface area (TPSA) is 124 Å². The highest BCUT2D eigenvalue weighted by Crippen LogP contribution is 2.52. The molecule has 4 aromatic rings. The SMILES string of the molecule is CN(C)S(=O)(=O)c1ccc(-c2cccc(C3(c4nc5c(c(=O)[nH]4)CN(C(=O)[C@H](O)c4cccc(C(F)(F)F)c4)CCC5)CC3)c2)cc1. The smallest absolute Gasteiger partial charge is 0.378 e. The molecule has 2 heterocycles. The van der Waals surface area contributed by atoms with Gasteiger partial charge >= 0.3 is 6.18 Å². The Labute approximate surface area is 269 Å². The lowest BCUT2D eigenvalue weighted by Crippen LogP contribution is -2.36. The van der Waals surface area contributed by atoms with E-state index in [4.69, 9.17) is 4.98 Å². The number of fused-ring (bicyclic) bond motifs is 1. The van der Waals surface area contributed by atoms with Crippen LogP contribution in [0.1, 0.15) is 59.1 Å². The Morgan fingerprint density at radius 1 is 1.02 bits per heavy atom. The van der Waals surface area contributed by atoms with E-state index < -0.39 is 44.7 Å². The minimum absolute atomic E-state index is 0.130. The lowest BCUT2D eigenvalue weighted by molar-refractivity contribution is -0.142. The molecule has 0 saturated heterocycles. The number of hydrogen-bond donors (Lipinski definition) is 2. The Hall–Kier alpha value is -4.33. The molecule has 47 heavy (non-hydrogen) atoms. The highest BCUT2D eigenvalue weighted by atomic mass is 32.2. The summed E-state index contributed by atoms with van der Waals surface area (Å²) in [5, 5.41) is 10.7. The second-order valence-electron chi connectivity index (χ2n) is 12.2. The third-order valence-corrected chi connectivity index (χ3v) is 10.8. The number of halogens is 3. The molecule has 6 rings (SSSR count). The Kier molecular flexibility index (Phi) is 8.35. The first-order valence-electron chi connectivity index (χ1n) is 15.1. The molecule has 2 N–H and O–H groups in total. The van der Waals surface area contributed by atoms with Crippen molar-refractivity contribution in [2.24, 2.45) is 0 Å². The molecule has 1 amide bonds. The molecule has 1 fully saturated rings. The van der Waals surface area contributed by atoms with Gasteiger partial charge in [0.05, 0.1) is 33.7 Å². The number of rotatable bonds is 7. The summed E-state index contributed by atoms with van der Waals surface area (Å²) in [5.41, 5.74) is 1.44. The van der Waals surface area contributed by atoms with Gasteiger partial charge < -0.3 is 15.0 Å². The van der Waals surface area contributed by atoms with E-state index in [0.717, 1.165) is 52.0 Å². The predicted octanol–water partition coefficient (Wildman–Crippen LogP) is 4.79. The monoisotopic (exact) mass is 666 g/mol. The number of aliphatic hydroxyl groups is 1. The van der Waals surface area contributed by atoms with Crippen molar-refractivity contribution in [1.29, 1.82) is 0 Å². The molecule has 1 aliphatic carbocycles. The van der Waals surface area contributed by atoms with Crippen LogP contribution in [0, 0.1) is 0 Å². The Morgan fingerprint density at radius 2 is 1.72 bits per heavy atom. The predicted molar refractivity (Wildman–Crippen MR) is 168 cm³/mol. The maximum absolute atomic E-state index is 13.5. The summed E-state index contributed by atoms with van der Waals surface area (Å²) in [5.74, 6) is -0.266. The van der Waals surface area contributed by atoms with Gasteiger partial charge in [-0.1, -0.05) is 48.5 Å². The number of hydrogen-bond acceptors (Lipinski definition) is 6. The first-order valence-corrected chi connectivity index (χ1v) is 16.5. The zero-order valence-corrected chi connectivity index (χ0v) is 26.5. The number of alkyl halides is 3. The standard InChI is InChI=1S/C34H33F3N4O5S/c1-40(2)47(45,46)26-13-11-21(12-14-26)22-6-3-8-24(18-22)33(15-16-33)32-38-28-10-5-17-41(20-27(28)30(43)39-32)31(44)29(42)23-7-4-9-25(19-23)34(35,36)37/h3-4,6-9,11-14,18-19,29,42H,5,10,15-17,20H2,1-2H3,(H,38,39,43)/t29-/m1/s1. The number of sulfonamides is 1. The minimum Gasteiger partial charge on any atom is -0.378 e. The van der Waals surface area contributed by atoms with Crippen LogP contribution < -0.4 is 5.56 Å². The third-order valence-electron chi connectivity index (χ3n) is 8.95. The molecule has 9 nitrogen and oxygen atoms in total. The Balaban J connectivity index is 1.25. The lowest BCUT2D eigenvalue weighted by atomic mass is 9.91. The van der Waals surface area contributed by atoms with E-state index in [1.54, 1.807) is 24.3 Å². The first-order chi connectivity index (χ1) is 22.2. The zero-order chi connectivity index (χ0) is 33.7. The largest absolute Gasteiger partial charge is 0.416 e. The van der Waals surface area contributed by atoms with Crippen LogP contribution in [0.3, 0.4) is 0 Å². The van der Waals surface area contributed by atoms with E-state index in [1.807, 2.05) is 24.3 Å². The highest BCUT2D eigenvalue weighted by molar-refractivity contribution is 7.89. The molecular formula is C34H33F3N4O5S. The molecule has 0 spiro atoms. The van der Waals surface area contributed by atoms with Gasteiger partial charge in [0.2, 0.25) is 10.0 Å². The van der Waals surface area contributed by atoms with Crippen LogP contribution in [-0.4, -0.2) is 59.2 Å². The molecule has 3 aromatic carbocycles. The van der Waals surface area contributed by atoms with Crippen molar-refractivity contribution in [2.45, 2.75) is 54.8 Å². The van der Waals surface area contributed by atoms with E-state index in [0.29, 0.717) is 24.4 Å². The molecule has 2 aliphatic rings. The number of nitrogens with one attached hydrogen (secondary N) is 1. The number of H-pyrrole nitrogens is 1. The molecule has 0 bridgehead atoms. The van der Waals surface area contributed by atoms with Crippen LogP contribution in [0.25, 0.3) is 11.1 Å². The average Bonchev–Trinajstić information content (AvgIpc) is 3.89. The quantitative estimate of drug-likeness (QED) is 0.292. The number of carbonyl (C=O) groups is 1. The van der Waals surface area contributed by atoms with Crippen molar-refractivity contribution in [3.05, 3.63) is 117 Å². The fraction of sp³-hybridized carbons (Fsp3) is 0.324. The zero-order valence-electron chi connectivity index (χ0n) is 25.7. The van der Waals surface area contributed by atoms with E-state index in [1.165, 1.54) is 25.1 Å². The number of aliphatic hydroxyl groups excluding tert-OH is 1. The normalized spacial score (nSPS) is 16.8. The van der Waals surface area contributed by atoms with Gasteiger partial charge in [0.15, 0.2) is 6.10 Å². The van der Waals surface area contributed by atoms with Crippen LogP contribution in [0.4, 0.5) is 13.2 Å². The second-order valence-corrected chi connectivity index (χ2v) is 14.4. The minimum atomic E-state index is -4.62. The molecule has 0 radical (unpaired) electrons. The summed E-state index contributed by atoms with van der Waals surface area (Å²) in [4.78, 5) is 36.0. The van der Waals surface area contributed by atoms with Crippen molar-refractivity contribution in [3.8, 4) is 11.1 Å². The lowest BCUT2D eigenvalue weighted by Gasteiger charge is -2.24. The van der Waals surface area contributed by atoms with Crippen molar-refractivity contribution >= 4 is 15.9 Å². The number of carbonyl (C=O) groups excluding carboxylic acids is 1. The van der Waals surface area contributed by atoms with E-state index in [-0.39, 0.29) is 29.1 Å². The van der Waals surface area contributed by atoms with E-state index >= 15 is 0 Å². The number of aromatic nitrogens is 2.